The van der Waals surface area contributed by atoms with E-state index < -0.39 is 0 Å². The first-order valence-electron chi connectivity index (χ1n) is 4.02. The van der Waals surface area contributed by atoms with Crippen LogP contribution < -0.4 is 11.5 Å². The molecule has 1 aromatic rings. The Morgan fingerprint density at radius 2 is 1.86 bits per heavy atom. The number of hydrogen-bond donors (Lipinski definition) is 2. The summed E-state index contributed by atoms with van der Waals surface area (Å²) >= 11 is 0. The van der Waals surface area contributed by atoms with Gasteiger partial charge in [-0.25, -0.2) is 0 Å². The van der Waals surface area contributed by atoms with E-state index in [0.717, 1.165) is 5.69 Å². The van der Waals surface area contributed by atoms with Crippen LogP contribution in [0, 0.1) is 6.92 Å². The third kappa shape index (κ3) is 2.51. The zero-order chi connectivity index (χ0) is 10.6. The molecule has 6 nitrogen and oxygen atoms in total. The fourth-order valence-corrected chi connectivity index (χ4v) is 0.943. The highest BCUT2D eigenvalue weighted by Gasteiger charge is 2.02. The summed E-state index contributed by atoms with van der Waals surface area (Å²) in [6, 6.07) is 0. The number of aryl methyl sites for hydroxylation is 1. The minimum atomic E-state index is -0.0779. The second kappa shape index (κ2) is 4.31. The summed E-state index contributed by atoms with van der Waals surface area (Å²) in [7, 11) is 0. The standard InChI is InChI=1S/C8H12N6/c1-5-7(12-4-3-11-5)6(2)13-14-8(9)10/h3-4H,1-2H3,(H4,9,10,14). The second-order valence-corrected chi connectivity index (χ2v) is 2.70. The zero-order valence-electron chi connectivity index (χ0n) is 8.10. The molecule has 0 aliphatic heterocycles. The van der Waals surface area contributed by atoms with E-state index in [0.29, 0.717) is 11.4 Å². The lowest BCUT2D eigenvalue weighted by molar-refractivity contribution is 1.08. The summed E-state index contributed by atoms with van der Waals surface area (Å²) in [5, 5.41) is 7.34. The molecule has 0 fully saturated rings. The van der Waals surface area contributed by atoms with Crippen LogP contribution in [0.1, 0.15) is 18.3 Å². The Morgan fingerprint density at radius 3 is 2.43 bits per heavy atom. The van der Waals surface area contributed by atoms with Crippen molar-refractivity contribution < 1.29 is 0 Å². The quantitative estimate of drug-likeness (QED) is 0.384. The maximum absolute atomic E-state index is 5.14. The van der Waals surface area contributed by atoms with Crippen molar-refractivity contribution in [1.29, 1.82) is 0 Å². The molecule has 6 heteroatoms. The van der Waals surface area contributed by atoms with Gasteiger partial charge in [-0.15, -0.1) is 10.2 Å². The molecule has 0 unspecified atom stereocenters. The third-order valence-corrected chi connectivity index (χ3v) is 1.54. The van der Waals surface area contributed by atoms with Gasteiger partial charge in [0.15, 0.2) is 0 Å². The summed E-state index contributed by atoms with van der Waals surface area (Å²) in [5.74, 6) is -0.0779. The van der Waals surface area contributed by atoms with Gasteiger partial charge in [0.1, 0.15) is 5.69 Å². The van der Waals surface area contributed by atoms with E-state index >= 15 is 0 Å². The van der Waals surface area contributed by atoms with Crippen molar-refractivity contribution in [2.75, 3.05) is 0 Å². The van der Waals surface area contributed by atoms with Gasteiger partial charge in [0.05, 0.1) is 11.4 Å². The molecule has 0 aliphatic rings. The fraction of sp³-hybridized carbons (Fsp3) is 0.250. The molecule has 0 amide bonds. The number of hydrogen-bond acceptors (Lipinski definition) is 4. The highest BCUT2D eigenvalue weighted by atomic mass is 15.3. The molecular weight excluding hydrogens is 180 g/mol. The summed E-state index contributed by atoms with van der Waals surface area (Å²) in [5.41, 5.74) is 12.4. The van der Waals surface area contributed by atoms with Crippen LogP contribution in [0.5, 0.6) is 0 Å². The van der Waals surface area contributed by atoms with Crippen molar-refractivity contribution in [2.45, 2.75) is 13.8 Å². The van der Waals surface area contributed by atoms with Crippen molar-refractivity contribution in [3.05, 3.63) is 23.8 Å². The minimum absolute atomic E-state index is 0.0779. The lowest BCUT2D eigenvalue weighted by Gasteiger charge is -2.00. The fourth-order valence-electron chi connectivity index (χ4n) is 0.943. The number of aromatic nitrogens is 2. The first-order chi connectivity index (χ1) is 6.61. The van der Waals surface area contributed by atoms with E-state index in [9.17, 15) is 0 Å². The van der Waals surface area contributed by atoms with Crippen LogP contribution >= 0.6 is 0 Å². The average Bonchev–Trinajstić information content (AvgIpc) is 2.15. The topological polar surface area (TPSA) is 103 Å². The van der Waals surface area contributed by atoms with Gasteiger partial charge >= 0.3 is 0 Å². The normalized spacial score (nSPS) is 11.1. The van der Waals surface area contributed by atoms with Crippen molar-refractivity contribution in [3.8, 4) is 0 Å². The molecule has 1 aromatic heterocycles. The molecule has 74 valence electrons. The Morgan fingerprint density at radius 1 is 1.21 bits per heavy atom. The summed E-state index contributed by atoms with van der Waals surface area (Å²) in [6.45, 7) is 3.61. The largest absolute Gasteiger partial charge is 0.369 e. The molecule has 0 aliphatic carbocycles. The molecule has 1 heterocycles. The first kappa shape index (κ1) is 10.1. The van der Waals surface area contributed by atoms with Crippen LogP contribution in [0.25, 0.3) is 0 Å². The predicted octanol–water partition coefficient (Wildman–Crippen LogP) is -0.218. The van der Waals surface area contributed by atoms with Gasteiger partial charge in [-0.2, -0.15) is 0 Å². The van der Waals surface area contributed by atoms with Gasteiger partial charge in [0.2, 0.25) is 5.96 Å². The molecule has 0 bridgehead atoms. The molecule has 0 radical (unpaired) electrons. The van der Waals surface area contributed by atoms with Gasteiger partial charge in [-0.3, -0.25) is 9.97 Å². The average molecular weight is 192 g/mol. The predicted molar refractivity (Wildman–Crippen MR) is 54.8 cm³/mol. The van der Waals surface area contributed by atoms with Gasteiger partial charge in [0, 0.05) is 12.4 Å². The Hall–Kier alpha value is -1.98. The highest BCUT2D eigenvalue weighted by Crippen LogP contribution is 2.01. The van der Waals surface area contributed by atoms with E-state index in [4.69, 9.17) is 11.5 Å². The van der Waals surface area contributed by atoms with Crippen LogP contribution in [-0.4, -0.2) is 21.6 Å². The molecule has 0 saturated carbocycles. The Labute approximate surface area is 81.8 Å². The molecule has 1 rings (SSSR count). The maximum Gasteiger partial charge on any atom is 0.211 e. The van der Waals surface area contributed by atoms with E-state index in [1.54, 1.807) is 19.3 Å². The molecule has 0 atom stereocenters. The molecule has 0 spiro atoms. The SMILES string of the molecule is CC(=NN=C(N)N)c1nccnc1C. The molecule has 14 heavy (non-hydrogen) atoms. The number of guanidine groups is 1. The summed E-state index contributed by atoms with van der Waals surface area (Å²) in [6.07, 6.45) is 3.21. The minimum Gasteiger partial charge on any atom is -0.369 e. The van der Waals surface area contributed by atoms with Gasteiger partial charge in [0.25, 0.3) is 0 Å². The molecule has 4 N–H and O–H groups in total. The van der Waals surface area contributed by atoms with E-state index in [2.05, 4.69) is 20.2 Å². The van der Waals surface area contributed by atoms with E-state index in [-0.39, 0.29) is 5.96 Å². The van der Waals surface area contributed by atoms with Crippen molar-refractivity contribution in [1.82, 2.24) is 9.97 Å². The Kier molecular flexibility index (Phi) is 3.11. The summed E-state index contributed by atoms with van der Waals surface area (Å²) in [4.78, 5) is 8.18. The first-order valence-corrected chi connectivity index (χ1v) is 4.02. The van der Waals surface area contributed by atoms with Crippen LogP contribution in [0.15, 0.2) is 22.6 Å². The van der Waals surface area contributed by atoms with Gasteiger partial charge in [-0.1, -0.05) is 0 Å². The van der Waals surface area contributed by atoms with Crippen molar-refractivity contribution in [2.24, 2.45) is 21.7 Å². The van der Waals surface area contributed by atoms with Crippen LogP contribution in [0.3, 0.4) is 0 Å². The monoisotopic (exact) mass is 192 g/mol. The molecule has 0 aromatic carbocycles. The molecule has 0 saturated heterocycles. The van der Waals surface area contributed by atoms with Crippen molar-refractivity contribution >= 4 is 11.7 Å². The molecular formula is C8H12N6. The van der Waals surface area contributed by atoms with Gasteiger partial charge in [-0.05, 0) is 13.8 Å². The number of nitrogens with two attached hydrogens (primary N) is 2. The Balaban J connectivity index is 3.01. The van der Waals surface area contributed by atoms with Crippen molar-refractivity contribution in [3.63, 3.8) is 0 Å². The zero-order valence-corrected chi connectivity index (χ0v) is 8.10. The maximum atomic E-state index is 5.14. The number of nitrogens with zero attached hydrogens (tertiary/aromatic N) is 4. The highest BCUT2D eigenvalue weighted by molar-refractivity contribution is 5.98. The third-order valence-electron chi connectivity index (χ3n) is 1.54. The summed E-state index contributed by atoms with van der Waals surface area (Å²) < 4.78 is 0. The van der Waals surface area contributed by atoms with Crippen LogP contribution in [0.2, 0.25) is 0 Å². The lowest BCUT2D eigenvalue weighted by atomic mass is 10.2. The smallest absolute Gasteiger partial charge is 0.211 e. The van der Waals surface area contributed by atoms with Gasteiger partial charge < -0.3 is 11.5 Å². The van der Waals surface area contributed by atoms with E-state index in [1.807, 2.05) is 6.92 Å². The Bertz CT molecular complexity index is 377. The second-order valence-electron chi connectivity index (χ2n) is 2.70. The lowest BCUT2D eigenvalue weighted by Crippen LogP contribution is -2.22. The van der Waals surface area contributed by atoms with E-state index in [1.165, 1.54) is 0 Å². The van der Waals surface area contributed by atoms with Crippen LogP contribution in [-0.2, 0) is 0 Å². The van der Waals surface area contributed by atoms with Crippen LogP contribution in [0.4, 0.5) is 0 Å². The number of rotatable bonds is 2.